The summed E-state index contributed by atoms with van der Waals surface area (Å²) in [6, 6.07) is 12.4. The summed E-state index contributed by atoms with van der Waals surface area (Å²) in [5.74, 6) is 6.94. The third-order valence-electron chi connectivity index (χ3n) is 6.53. The average Bonchev–Trinajstić information content (AvgIpc) is 3.59. The fraction of sp³-hybridized carbons (Fsp3) is 0.375. The summed E-state index contributed by atoms with van der Waals surface area (Å²) in [5.41, 5.74) is 7.24. The molecule has 2 N–H and O–H groups in total. The molecule has 160 valence electrons. The van der Waals surface area contributed by atoms with Crippen LogP contribution in [0.1, 0.15) is 66.3 Å². The maximum Gasteiger partial charge on any atom is 0.368 e. The number of fused-ring (bicyclic) bond motifs is 1. The van der Waals surface area contributed by atoms with Crippen LogP contribution in [0.25, 0.3) is 17.0 Å². The van der Waals surface area contributed by atoms with Gasteiger partial charge in [0.2, 0.25) is 0 Å². The number of hydrogen-bond acceptors (Lipinski definition) is 5. The van der Waals surface area contributed by atoms with Crippen molar-refractivity contribution in [2.45, 2.75) is 51.4 Å². The Bertz CT molecular complexity index is 1230. The van der Waals surface area contributed by atoms with E-state index in [9.17, 15) is 4.79 Å². The first-order chi connectivity index (χ1) is 15.1. The van der Waals surface area contributed by atoms with Crippen molar-refractivity contribution in [1.29, 1.82) is 0 Å². The Kier molecular flexibility index (Phi) is 4.98. The number of hydrogen-bond donors (Lipinski definition) is 1. The van der Waals surface area contributed by atoms with Crippen molar-refractivity contribution in [3.63, 3.8) is 0 Å². The Balaban J connectivity index is 1.77. The minimum Gasteiger partial charge on any atom is -0.410 e. The molecule has 0 spiro atoms. The van der Waals surface area contributed by atoms with E-state index >= 15 is 0 Å². The Labute approximate surface area is 181 Å². The Morgan fingerprint density at radius 3 is 2.58 bits per heavy atom. The summed E-state index contributed by atoms with van der Waals surface area (Å²) in [5, 5.41) is 7.98. The maximum absolute atomic E-state index is 12.7. The van der Waals surface area contributed by atoms with Crippen LogP contribution in [0, 0.1) is 0 Å². The van der Waals surface area contributed by atoms with Crippen LogP contribution in [0.4, 0.5) is 0 Å². The van der Waals surface area contributed by atoms with Crippen LogP contribution in [-0.4, -0.2) is 19.8 Å². The number of aromatic nitrogens is 4. The van der Waals surface area contributed by atoms with E-state index in [1.54, 1.807) is 7.05 Å². The topological polar surface area (TPSA) is 88.0 Å². The molecule has 1 fully saturated rings. The van der Waals surface area contributed by atoms with Crippen LogP contribution in [-0.2, 0) is 24.7 Å². The van der Waals surface area contributed by atoms with E-state index in [1.807, 2.05) is 12.1 Å². The van der Waals surface area contributed by atoms with E-state index in [2.05, 4.69) is 41.6 Å². The lowest BCUT2D eigenvalue weighted by molar-refractivity contribution is 0.291. The van der Waals surface area contributed by atoms with Gasteiger partial charge in [-0.2, -0.15) is 15.3 Å². The highest BCUT2D eigenvalue weighted by Crippen LogP contribution is 2.46. The van der Waals surface area contributed by atoms with E-state index in [1.165, 1.54) is 38.9 Å². The number of allylic oxidation sites excluding steroid dienone is 1. The highest BCUT2D eigenvalue weighted by atomic mass is 16.6. The van der Waals surface area contributed by atoms with E-state index < -0.39 is 0 Å². The van der Waals surface area contributed by atoms with Crippen LogP contribution in [0.5, 0.6) is 0 Å². The molecule has 0 aliphatic heterocycles. The fourth-order valence-corrected chi connectivity index (χ4v) is 4.77. The monoisotopic (exact) mass is 417 g/mol. The van der Waals surface area contributed by atoms with Gasteiger partial charge in [0.05, 0.1) is 5.69 Å². The molecule has 1 heterocycles. The highest BCUT2D eigenvalue weighted by Gasteiger charge is 2.31. The summed E-state index contributed by atoms with van der Waals surface area (Å²) in [7, 11) is 1.59. The zero-order valence-electron chi connectivity index (χ0n) is 18.0. The van der Waals surface area contributed by atoms with Crippen molar-refractivity contribution in [3.8, 4) is 5.69 Å². The summed E-state index contributed by atoms with van der Waals surface area (Å²) in [6.07, 6.45) is 6.81. The van der Waals surface area contributed by atoms with E-state index in [4.69, 9.17) is 10.7 Å². The summed E-state index contributed by atoms with van der Waals surface area (Å²) >= 11 is 0. The molecule has 7 nitrogen and oxygen atoms in total. The van der Waals surface area contributed by atoms with Gasteiger partial charge in [0.1, 0.15) is 0 Å². The van der Waals surface area contributed by atoms with Gasteiger partial charge >= 0.3 is 5.69 Å². The standard InChI is InChI=1S/C24H27N5O2/c1-15(18-10-5-8-16-7-3-4-9-19(16)18)23(31-25)22-20(17-13-14-17)11-6-12-21(22)29-24(30)28(2)26-27-29/h5-6,8,10-12,17H,3-4,7,9,13-14,25H2,1-2H3/b23-15+. The Hall–Kier alpha value is -3.19. The summed E-state index contributed by atoms with van der Waals surface area (Å²) in [4.78, 5) is 18.3. The van der Waals surface area contributed by atoms with Gasteiger partial charge in [0, 0.05) is 18.2 Å². The lowest BCUT2D eigenvalue weighted by Crippen LogP contribution is -2.23. The SMILES string of the molecule is C/C(=C(\ON)c1c(C2CC2)cccc1-n1nnn(C)c1=O)c1cccc2c1CCCC2. The number of benzene rings is 2. The van der Waals surface area contributed by atoms with Gasteiger partial charge in [0.25, 0.3) is 0 Å². The summed E-state index contributed by atoms with van der Waals surface area (Å²) < 4.78 is 2.55. The molecular weight excluding hydrogens is 390 g/mol. The van der Waals surface area contributed by atoms with Gasteiger partial charge in [-0.25, -0.2) is 4.79 Å². The number of rotatable bonds is 5. The third-order valence-corrected chi connectivity index (χ3v) is 6.53. The Morgan fingerprint density at radius 2 is 1.87 bits per heavy atom. The molecule has 0 radical (unpaired) electrons. The number of tetrazole rings is 1. The molecule has 7 heteroatoms. The first-order valence-corrected chi connectivity index (χ1v) is 10.9. The Morgan fingerprint density at radius 1 is 1.10 bits per heavy atom. The molecule has 3 aromatic rings. The van der Waals surface area contributed by atoms with Gasteiger partial charge < -0.3 is 4.84 Å². The molecule has 0 bridgehead atoms. The van der Waals surface area contributed by atoms with Crippen LogP contribution in [0.3, 0.4) is 0 Å². The predicted molar refractivity (Wildman–Crippen MR) is 119 cm³/mol. The lowest BCUT2D eigenvalue weighted by atomic mass is 9.85. The smallest absolute Gasteiger partial charge is 0.368 e. The second-order valence-corrected chi connectivity index (χ2v) is 8.53. The van der Waals surface area contributed by atoms with Gasteiger partial charge in [-0.05, 0) is 90.1 Å². The predicted octanol–water partition coefficient (Wildman–Crippen LogP) is 3.50. The van der Waals surface area contributed by atoms with Crippen molar-refractivity contribution in [1.82, 2.24) is 19.8 Å². The highest BCUT2D eigenvalue weighted by molar-refractivity contribution is 5.91. The molecule has 2 aliphatic carbocycles. The van der Waals surface area contributed by atoms with Crippen LogP contribution >= 0.6 is 0 Å². The van der Waals surface area contributed by atoms with Gasteiger partial charge in [-0.3, -0.25) is 0 Å². The quantitative estimate of drug-likeness (QED) is 0.390. The first-order valence-electron chi connectivity index (χ1n) is 10.9. The molecule has 2 aliphatic rings. The molecular formula is C24H27N5O2. The zero-order valence-corrected chi connectivity index (χ0v) is 18.0. The van der Waals surface area contributed by atoms with Crippen LogP contribution < -0.4 is 11.6 Å². The van der Waals surface area contributed by atoms with Crippen LogP contribution in [0.2, 0.25) is 0 Å². The molecule has 1 aromatic heterocycles. The molecule has 2 aromatic carbocycles. The van der Waals surface area contributed by atoms with Gasteiger partial charge in [0.15, 0.2) is 5.76 Å². The second kappa shape index (κ2) is 7.81. The maximum atomic E-state index is 12.7. The largest absolute Gasteiger partial charge is 0.410 e. The van der Waals surface area contributed by atoms with Crippen molar-refractivity contribution >= 4 is 11.3 Å². The number of nitrogens with two attached hydrogens (primary N) is 1. The zero-order chi connectivity index (χ0) is 21.5. The molecule has 31 heavy (non-hydrogen) atoms. The number of aryl methyl sites for hydroxylation is 2. The molecule has 0 amide bonds. The average molecular weight is 418 g/mol. The first kappa shape index (κ1) is 19.8. The molecule has 5 rings (SSSR count). The normalized spacial score (nSPS) is 16.6. The molecule has 0 atom stereocenters. The lowest BCUT2D eigenvalue weighted by Gasteiger charge is -2.22. The third kappa shape index (κ3) is 3.39. The van der Waals surface area contributed by atoms with Gasteiger partial charge in [-0.1, -0.05) is 30.3 Å². The van der Waals surface area contributed by atoms with Gasteiger partial charge in [-0.15, -0.1) is 0 Å². The van der Waals surface area contributed by atoms with E-state index in [-0.39, 0.29) is 5.69 Å². The van der Waals surface area contributed by atoms with E-state index in [0.29, 0.717) is 17.4 Å². The summed E-state index contributed by atoms with van der Waals surface area (Å²) in [6.45, 7) is 2.05. The second-order valence-electron chi connectivity index (χ2n) is 8.53. The number of nitrogens with zero attached hydrogens (tertiary/aromatic N) is 4. The van der Waals surface area contributed by atoms with Crippen LogP contribution in [0.15, 0.2) is 41.2 Å². The minimum absolute atomic E-state index is 0.305. The van der Waals surface area contributed by atoms with Crippen molar-refractivity contribution < 1.29 is 4.84 Å². The fourth-order valence-electron chi connectivity index (χ4n) is 4.77. The molecule has 0 unspecified atom stereocenters. The molecule has 1 saturated carbocycles. The minimum atomic E-state index is -0.305. The van der Waals surface area contributed by atoms with Crippen molar-refractivity contribution in [2.24, 2.45) is 12.9 Å². The molecule has 0 saturated heterocycles. The van der Waals surface area contributed by atoms with E-state index in [0.717, 1.165) is 42.4 Å². The van der Waals surface area contributed by atoms with Crippen molar-refractivity contribution in [3.05, 3.63) is 74.7 Å². The van der Waals surface area contributed by atoms with Crippen molar-refractivity contribution in [2.75, 3.05) is 0 Å².